The van der Waals surface area contributed by atoms with Gasteiger partial charge in [0.2, 0.25) is 0 Å². The third kappa shape index (κ3) is 6.17. The van der Waals surface area contributed by atoms with Gasteiger partial charge in [-0.25, -0.2) is 4.98 Å². The van der Waals surface area contributed by atoms with Crippen molar-refractivity contribution >= 4 is 17.4 Å². The fraction of sp³-hybridized carbons (Fsp3) is 0.333. The molecule has 0 bridgehead atoms. The first kappa shape index (κ1) is 26.4. The number of nitrogens with one attached hydrogen (secondary N) is 1. The van der Waals surface area contributed by atoms with Gasteiger partial charge < -0.3 is 10.1 Å². The third-order valence-corrected chi connectivity index (χ3v) is 6.84. The third-order valence-electron chi connectivity index (χ3n) is 6.55. The summed E-state index contributed by atoms with van der Waals surface area (Å²) in [6, 6.07) is 17.8. The Kier molecular flexibility index (Phi) is 7.37. The number of carbonyl (C=O) groups is 1. The molecule has 2 aromatic carbocycles. The number of piperidine rings is 1. The van der Waals surface area contributed by atoms with Crippen molar-refractivity contribution in [2.24, 2.45) is 5.92 Å². The predicted octanol–water partition coefficient (Wildman–Crippen LogP) is 7.07. The van der Waals surface area contributed by atoms with Crippen molar-refractivity contribution in [1.29, 1.82) is 10.5 Å². The van der Waals surface area contributed by atoms with Crippen LogP contribution < -0.4 is 10.1 Å². The van der Waals surface area contributed by atoms with Crippen molar-refractivity contribution in [3.05, 3.63) is 76.6 Å². The van der Waals surface area contributed by atoms with Crippen LogP contribution in [0.5, 0.6) is 11.5 Å². The number of nitrogens with zero attached hydrogens (tertiary/aromatic N) is 3. The van der Waals surface area contributed by atoms with E-state index in [1.807, 2.05) is 6.07 Å². The topological polar surface area (TPSA) is 98.8 Å². The number of carbonyl (C=O) groups excluding carboxylic acids is 1. The van der Waals surface area contributed by atoms with Gasteiger partial charge in [0.1, 0.15) is 34.9 Å². The van der Waals surface area contributed by atoms with Crippen molar-refractivity contribution in [3.63, 3.8) is 0 Å². The average molecular weight is 513 g/mol. The van der Waals surface area contributed by atoms with Crippen LogP contribution in [0.4, 0.5) is 0 Å². The van der Waals surface area contributed by atoms with Crippen LogP contribution in [0.2, 0.25) is 5.02 Å². The normalized spacial score (nSPS) is 16.4. The van der Waals surface area contributed by atoms with Crippen LogP contribution in [0, 0.1) is 28.6 Å². The molecule has 0 aliphatic carbocycles. The molecule has 0 saturated carbocycles. The Morgan fingerprint density at radius 3 is 2.43 bits per heavy atom. The van der Waals surface area contributed by atoms with Gasteiger partial charge in [-0.3, -0.25) is 4.79 Å². The fourth-order valence-corrected chi connectivity index (χ4v) is 5.78. The smallest absolute Gasteiger partial charge is 0.163 e. The molecular formula is C30H29ClN4O2. The molecule has 7 heteroatoms. The van der Waals surface area contributed by atoms with E-state index in [-0.39, 0.29) is 28.5 Å². The Balaban J connectivity index is 1.54. The standard InChI is InChI=1S/C30H29ClN4O2/c1-29(2)15-19(16-30(3,4)35-29)12-26(36)21-8-9-28(25(31)14-21)37-27-7-5-6-23(24(27)18-33)20-10-11-34-22(13-20)17-32/h5-11,13-14,19,35H,12,15-16H2,1-4H3. The Bertz CT molecular complexity index is 1420. The van der Waals surface area contributed by atoms with Gasteiger partial charge in [0.05, 0.1) is 5.02 Å². The van der Waals surface area contributed by atoms with E-state index in [4.69, 9.17) is 16.3 Å². The van der Waals surface area contributed by atoms with Crippen LogP contribution in [-0.2, 0) is 0 Å². The SMILES string of the molecule is CC1(C)CC(CC(=O)c2ccc(Oc3cccc(-c4ccnc(C#N)c4)c3C#N)c(Cl)c2)CC(C)(C)N1. The number of hydrogen-bond acceptors (Lipinski definition) is 6. The lowest BCUT2D eigenvalue weighted by molar-refractivity contribution is 0.0864. The summed E-state index contributed by atoms with van der Waals surface area (Å²) in [7, 11) is 0. The molecule has 1 fully saturated rings. The van der Waals surface area contributed by atoms with Gasteiger partial charge in [-0.05, 0) is 88.4 Å². The summed E-state index contributed by atoms with van der Waals surface area (Å²) >= 11 is 6.53. The van der Waals surface area contributed by atoms with E-state index in [0.717, 1.165) is 12.8 Å². The van der Waals surface area contributed by atoms with Gasteiger partial charge in [-0.15, -0.1) is 0 Å². The predicted molar refractivity (Wildman–Crippen MR) is 144 cm³/mol. The first-order valence-electron chi connectivity index (χ1n) is 12.2. The van der Waals surface area contributed by atoms with Crippen LogP contribution in [0.25, 0.3) is 11.1 Å². The zero-order valence-electron chi connectivity index (χ0n) is 21.4. The number of ether oxygens (including phenoxy) is 1. The second-order valence-electron chi connectivity index (χ2n) is 10.9. The minimum absolute atomic E-state index is 0.0263. The lowest BCUT2D eigenvalue weighted by Gasteiger charge is -2.46. The van der Waals surface area contributed by atoms with Gasteiger partial charge >= 0.3 is 0 Å². The van der Waals surface area contributed by atoms with E-state index in [1.54, 1.807) is 48.5 Å². The molecule has 0 spiro atoms. The van der Waals surface area contributed by atoms with Crippen LogP contribution in [0.1, 0.15) is 68.6 Å². The van der Waals surface area contributed by atoms with Crippen molar-refractivity contribution in [1.82, 2.24) is 10.3 Å². The summed E-state index contributed by atoms with van der Waals surface area (Å²) in [4.78, 5) is 17.1. The summed E-state index contributed by atoms with van der Waals surface area (Å²) < 4.78 is 6.03. The van der Waals surface area contributed by atoms with Gasteiger partial charge in [0.15, 0.2) is 5.78 Å². The number of aromatic nitrogens is 1. The first-order valence-corrected chi connectivity index (χ1v) is 12.6. The Hall–Kier alpha value is -3.71. The number of benzene rings is 2. The number of Topliss-reactive ketones (excluding diaryl/α,β-unsaturated/α-hetero) is 1. The molecule has 0 amide bonds. The second kappa shape index (κ2) is 10.3. The molecule has 188 valence electrons. The van der Waals surface area contributed by atoms with Crippen LogP contribution in [0.15, 0.2) is 54.7 Å². The lowest BCUT2D eigenvalue weighted by Crippen LogP contribution is -2.57. The van der Waals surface area contributed by atoms with E-state index in [0.29, 0.717) is 45.2 Å². The van der Waals surface area contributed by atoms with Crippen molar-refractivity contribution in [3.8, 4) is 34.8 Å². The van der Waals surface area contributed by atoms with Crippen molar-refractivity contribution < 1.29 is 9.53 Å². The molecule has 0 atom stereocenters. The van der Waals surface area contributed by atoms with Gasteiger partial charge in [0, 0.05) is 34.8 Å². The molecule has 4 rings (SSSR count). The molecule has 1 saturated heterocycles. The maximum absolute atomic E-state index is 13.1. The number of rotatable bonds is 6. The molecule has 1 aromatic heterocycles. The number of nitriles is 2. The van der Waals surface area contributed by atoms with E-state index in [1.165, 1.54) is 6.20 Å². The zero-order valence-corrected chi connectivity index (χ0v) is 22.2. The summed E-state index contributed by atoms with van der Waals surface area (Å²) in [5, 5.41) is 23.0. The minimum atomic E-state index is -0.0263. The molecule has 3 aromatic rings. The number of halogens is 1. The van der Waals surface area contributed by atoms with E-state index >= 15 is 0 Å². The van der Waals surface area contributed by atoms with Crippen LogP contribution in [-0.4, -0.2) is 21.8 Å². The summed E-state index contributed by atoms with van der Waals surface area (Å²) in [5.41, 5.74) is 2.36. The largest absolute Gasteiger partial charge is 0.454 e. The van der Waals surface area contributed by atoms with E-state index in [9.17, 15) is 15.3 Å². The molecule has 37 heavy (non-hydrogen) atoms. The fourth-order valence-electron chi connectivity index (χ4n) is 5.56. The molecule has 0 radical (unpaired) electrons. The lowest BCUT2D eigenvalue weighted by atomic mass is 9.74. The molecule has 1 aliphatic rings. The summed E-state index contributed by atoms with van der Waals surface area (Å²) in [6.45, 7) is 8.71. The monoisotopic (exact) mass is 512 g/mol. The maximum Gasteiger partial charge on any atom is 0.163 e. The Morgan fingerprint density at radius 1 is 1.05 bits per heavy atom. The number of pyridine rings is 1. The highest BCUT2D eigenvalue weighted by atomic mass is 35.5. The van der Waals surface area contributed by atoms with E-state index < -0.39 is 0 Å². The molecule has 0 unspecified atom stereocenters. The molecular weight excluding hydrogens is 484 g/mol. The summed E-state index contributed by atoms with van der Waals surface area (Å²) in [6.07, 6.45) is 3.85. The molecule has 6 nitrogen and oxygen atoms in total. The second-order valence-corrected chi connectivity index (χ2v) is 11.3. The highest BCUT2D eigenvalue weighted by Crippen LogP contribution is 2.38. The highest BCUT2D eigenvalue weighted by Gasteiger charge is 2.38. The molecule has 1 aliphatic heterocycles. The highest BCUT2D eigenvalue weighted by molar-refractivity contribution is 6.32. The Morgan fingerprint density at radius 2 is 1.78 bits per heavy atom. The Labute approximate surface area is 222 Å². The van der Waals surface area contributed by atoms with Crippen molar-refractivity contribution in [2.75, 3.05) is 0 Å². The number of hydrogen-bond donors (Lipinski definition) is 1. The van der Waals surface area contributed by atoms with Crippen LogP contribution >= 0.6 is 11.6 Å². The van der Waals surface area contributed by atoms with Crippen molar-refractivity contribution in [2.45, 2.75) is 58.0 Å². The number of ketones is 1. The van der Waals surface area contributed by atoms with Gasteiger partial charge in [-0.2, -0.15) is 10.5 Å². The van der Waals surface area contributed by atoms with E-state index in [2.05, 4.69) is 44.1 Å². The molecule has 1 N–H and O–H groups in total. The van der Waals surface area contributed by atoms with Crippen LogP contribution in [0.3, 0.4) is 0 Å². The summed E-state index contributed by atoms with van der Waals surface area (Å²) in [5.74, 6) is 1.01. The minimum Gasteiger partial charge on any atom is -0.454 e. The quantitative estimate of drug-likeness (QED) is 0.355. The van der Waals surface area contributed by atoms with Gasteiger partial charge in [0.25, 0.3) is 0 Å². The van der Waals surface area contributed by atoms with Gasteiger partial charge in [-0.1, -0.05) is 23.7 Å². The maximum atomic E-state index is 13.1. The molecule has 2 heterocycles. The zero-order chi connectivity index (χ0) is 26.8. The average Bonchev–Trinajstić information content (AvgIpc) is 2.83. The first-order chi connectivity index (χ1) is 17.5.